The van der Waals surface area contributed by atoms with E-state index in [0.717, 1.165) is 24.4 Å². The smallest absolute Gasteiger partial charge is 0.107 e. The monoisotopic (exact) mass is 265 g/mol. The molecule has 2 rings (SSSR count). The molecule has 1 fully saturated rings. The third kappa shape index (κ3) is 6.59. The summed E-state index contributed by atoms with van der Waals surface area (Å²) in [5, 5.41) is 18.2. The Labute approximate surface area is 119 Å². The molecule has 0 amide bonds. The van der Waals surface area contributed by atoms with Gasteiger partial charge >= 0.3 is 0 Å². The third-order valence-electron chi connectivity index (χ3n) is 4.04. The van der Waals surface area contributed by atoms with Crippen molar-refractivity contribution in [1.82, 2.24) is 4.90 Å². The largest absolute Gasteiger partial charge is 0.387 e. The lowest BCUT2D eigenvalue weighted by Gasteiger charge is -2.31. The molecule has 0 atom stereocenters. The molecule has 108 valence electrons. The summed E-state index contributed by atoms with van der Waals surface area (Å²) in [5.74, 6) is 1.02. The van der Waals surface area contributed by atoms with Crippen molar-refractivity contribution in [3.8, 4) is 0 Å². The van der Waals surface area contributed by atoms with Crippen molar-refractivity contribution in [2.75, 3.05) is 19.6 Å². The van der Waals surface area contributed by atoms with E-state index in [2.05, 4.69) is 11.0 Å². The van der Waals surface area contributed by atoms with Gasteiger partial charge in [0.2, 0.25) is 0 Å². The van der Waals surface area contributed by atoms with Crippen molar-refractivity contribution in [3.05, 3.63) is 11.5 Å². The van der Waals surface area contributed by atoms with E-state index >= 15 is 0 Å². The fourth-order valence-corrected chi connectivity index (χ4v) is 1.56. The van der Waals surface area contributed by atoms with Crippen LogP contribution >= 0.6 is 0 Å². The van der Waals surface area contributed by atoms with Crippen LogP contribution in [-0.4, -0.2) is 53.8 Å². The summed E-state index contributed by atoms with van der Waals surface area (Å²) >= 11 is 0. The van der Waals surface area contributed by atoms with Gasteiger partial charge in [-0.2, -0.15) is 0 Å². The first-order valence-electron chi connectivity index (χ1n) is 7.21. The molecule has 19 heavy (non-hydrogen) atoms. The number of hydrogen-bond donors (Lipinski definition) is 2. The van der Waals surface area contributed by atoms with Crippen LogP contribution < -0.4 is 0 Å². The predicted molar refractivity (Wildman–Crippen MR) is 80.2 cm³/mol. The van der Waals surface area contributed by atoms with Crippen LogP contribution in [0.1, 0.15) is 47.0 Å². The molecule has 0 aromatic carbocycles. The first kappa shape index (κ1) is 16.7. The second-order valence-corrected chi connectivity index (χ2v) is 6.85. The first-order valence-corrected chi connectivity index (χ1v) is 7.21. The molecule has 4 heteroatoms. The summed E-state index contributed by atoms with van der Waals surface area (Å²) in [6.07, 6.45) is 6.14. The van der Waals surface area contributed by atoms with Gasteiger partial charge in [-0.1, -0.05) is 6.08 Å². The van der Waals surface area contributed by atoms with Crippen LogP contribution in [0.2, 0.25) is 0 Å². The zero-order chi connectivity index (χ0) is 14.7. The Morgan fingerprint density at radius 1 is 1.21 bits per heavy atom. The van der Waals surface area contributed by atoms with Crippen molar-refractivity contribution in [2.45, 2.75) is 58.2 Å². The van der Waals surface area contributed by atoms with E-state index < -0.39 is 11.2 Å². The molecule has 0 aromatic rings. The predicted octanol–water partition coefficient (Wildman–Crippen LogP) is 1.68. The van der Waals surface area contributed by atoms with Crippen LogP contribution in [0.25, 0.3) is 0 Å². The highest BCUT2D eigenvalue weighted by atomic mass is 16.3. The van der Waals surface area contributed by atoms with E-state index in [-0.39, 0.29) is 0 Å². The Hall–Kier alpha value is -0.315. The zero-order valence-electron chi connectivity index (χ0n) is 12.8. The molecule has 0 spiro atoms. The molecule has 3 nitrogen and oxygen atoms in total. The maximum Gasteiger partial charge on any atom is 0.107 e. The molecular formula is C15H28BNO2. The molecule has 2 aliphatic rings. The minimum Gasteiger partial charge on any atom is -0.387 e. The van der Waals surface area contributed by atoms with E-state index in [9.17, 15) is 0 Å². The highest BCUT2D eigenvalue weighted by molar-refractivity contribution is 6.21. The molecule has 1 heterocycles. The maximum atomic E-state index is 9.10. The van der Waals surface area contributed by atoms with E-state index in [1.54, 1.807) is 27.7 Å². The number of aliphatic hydroxyl groups is 2. The van der Waals surface area contributed by atoms with Crippen molar-refractivity contribution < 1.29 is 10.2 Å². The Balaban J connectivity index is 0.000000203. The van der Waals surface area contributed by atoms with Crippen LogP contribution in [-0.2, 0) is 0 Å². The van der Waals surface area contributed by atoms with Crippen molar-refractivity contribution in [1.29, 1.82) is 0 Å². The SMILES string of the molecule is CC(C)(O)C(C)(C)O.[B]C1=CCN(CC2CC2)CC1. The second-order valence-electron chi connectivity index (χ2n) is 6.85. The van der Waals surface area contributed by atoms with Crippen LogP contribution in [0.3, 0.4) is 0 Å². The van der Waals surface area contributed by atoms with Gasteiger partial charge in [0.15, 0.2) is 0 Å². The minimum atomic E-state index is -1.01. The Kier molecular flexibility index (Phi) is 5.66. The van der Waals surface area contributed by atoms with Gasteiger partial charge in [0.05, 0.1) is 11.2 Å². The second kappa shape index (κ2) is 6.42. The normalized spacial score (nSPS) is 21.5. The molecule has 0 saturated heterocycles. The summed E-state index contributed by atoms with van der Waals surface area (Å²) in [6.45, 7) is 9.88. The van der Waals surface area contributed by atoms with Gasteiger partial charge in [-0.15, -0.1) is 5.47 Å². The van der Waals surface area contributed by atoms with E-state index in [4.69, 9.17) is 18.1 Å². The molecule has 1 aliphatic carbocycles. The summed E-state index contributed by atoms with van der Waals surface area (Å²) in [4.78, 5) is 2.51. The van der Waals surface area contributed by atoms with Crippen LogP contribution in [0.5, 0.6) is 0 Å². The Morgan fingerprint density at radius 2 is 1.74 bits per heavy atom. The van der Waals surface area contributed by atoms with Gasteiger partial charge in [0.25, 0.3) is 0 Å². The van der Waals surface area contributed by atoms with E-state index in [1.807, 2.05) is 0 Å². The molecule has 1 saturated carbocycles. The average Bonchev–Trinajstić information content (AvgIpc) is 3.03. The molecule has 0 bridgehead atoms. The molecule has 0 aromatic heterocycles. The molecule has 2 radical (unpaired) electrons. The fourth-order valence-electron chi connectivity index (χ4n) is 1.56. The standard InChI is InChI=1S/C9H14BN.C6H14O2/c10-9-3-5-11(6-4-9)7-8-1-2-8;1-5(2,7)6(3,4)8/h3,8H,1-2,4-7H2;7-8H,1-4H3. The molecule has 0 unspecified atom stereocenters. The molecular weight excluding hydrogens is 237 g/mol. The van der Waals surface area contributed by atoms with E-state index in [0.29, 0.717) is 0 Å². The van der Waals surface area contributed by atoms with Gasteiger partial charge < -0.3 is 10.2 Å². The molecule has 1 aliphatic heterocycles. The van der Waals surface area contributed by atoms with Gasteiger partial charge in [0.1, 0.15) is 7.85 Å². The van der Waals surface area contributed by atoms with Crippen molar-refractivity contribution in [3.63, 3.8) is 0 Å². The molecule has 2 N–H and O–H groups in total. The van der Waals surface area contributed by atoms with E-state index in [1.165, 1.54) is 25.9 Å². The maximum absolute atomic E-state index is 9.10. The lowest BCUT2D eigenvalue weighted by atomic mass is 9.90. The number of hydrogen-bond acceptors (Lipinski definition) is 3. The lowest BCUT2D eigenvalue weighted by molar-refractivity contribution is -0.107. The van der Waals surface area contributed by atoms with Gasteiger partial charge in [0, 0.05) is 19.6 Å². The summed E-state index contributed by atoms with van der Waals surface area (Å²) in [7, 11) is 5.68. The van der Waals surface area contributed by atoms with Gasteiger partial charge in [-0.05, 0) is 52.9 Å². The average molecular weight is 265 g/mol. The van der Waals surface area contributed by atoms with Crippen molar-refractivity contribution >= 4 is 7.85 Å². The first-order chi connectivity index (χ1) is 8.59. The summed E-state index contributed by atoms with van der Waals surface area (Å²) < 4.78 is 0. The minimum absolute atomic E-state index is 1.01. The zero-order valence-corrected chi connectivity index (χ0v) is 12.8. The Bertz CT molecular complexity index is 299. The van der Waals surface area contributed by atoms with Crippen LogP contribution in [0.15, 0.2) is 11.5 Å². The highest BCUT2D eigenvalue weighted by Gasteiger charge is 2.31. The van der Waals surface area contributed by atoms with Gasteiger partial charge in [-0.25, -0.2) is 0 Å². The number of rotatable bonds is 3. The highest BCUT2D eigenvalue weighted by Crippen LogP contribution is 2.30. The Morgan fingerprint density at radius 3 is 2.05 bits per heavy atom. The van der Waals surface area contributed by atoms with Crippen LogP contribution in [0, 0.1) is 5.92 Å². The topological polar surface area (TPSA) is 43.7 Å². The van der Waals surface area contributed by atoms with Crippen LogP contribution in [0.4, 0.5) is 0 Å². The number of nitrogens with zero attached hydrogens (tertiary/aromatic N) is 1. The van der Waals surface area contributed by atoms with Crippen molar-refractivity contribution in [2.24, 2.45) is 5.92 Å². The van der Waals surface area contributed by atoms with Gasteiger partial charge in [-0.3, -0.25) is 4.90 Å². The summed E-state index contributed by atoms with van der Waals surface area (Å²) in [6, 6.07) is 0. The summed E-state index contributed by atoms with van der Waals surface area (Å²) in [5.41, 5.74) is -0.933. The lowest BCUT2D eigenvalue weighted by Crippen LogP contribution is -2.44. The third-order valence-corrected chi connectivity index (χ3v) is 4.04. The fraction of sp³-hybridized carbons (Fsp3) is 0.867. The quantitative estimate of drug-likeness (QED) is 0.763.